The minimum Gasteiger partial charge on any atom is -0.468 e. The van der Waals surface area contributed by atoms with Gasteiger partial charge in [-0.25, -0.2) is 8.42 Å². The SMILES string of the molecule is Cc1ccc(S(=O)(=O)[C@H]2C(=O)N(C)[C@@]3(C)C[C@H]2c2ccccc2O3)cc1C. The fraction of sp³-hybridized carbons (Fsp3) is 0.381. The number of piperidine rings is 1. The van der Waals surface area contributed by atoms with E-state index >= 15 is 0 Å². The second-order valence-corrected chi connectivity index (χ2v) is 9.80. The quantitative estimate of drug-likeness (QED) is 0.796. The maximum atomic E-state index is 13.5. The van der Waals surface area contributed by atoms with Crippen LogP contribution in [0.15, 0.2) is 47.4 Å². The molecule has 5 nitrogen and oxygen atoms in total. The van der Waals surface area contributed by atoms with Crippen molar-refractivity contribution in [3.05, 3.63) is 59.2 Å². The third-order valence-electron chi connectivity index (χ3n) is 6.04. The highest BCUT2D eigenvalue weighted by molar-refractivity contribution is 7.92. The topological polar surface area (TPSA) is 63.7 Å². The van der Waals surface area contributed by atoms with Gasteiger partial charge in [0.2, 0.25) is 5.91 Å². The Hall–Kier alpha value is -2.34. The standard InChI is InChI=1S/C21H23NO4S/c1-13-9-10-15(11-14(13)2)27(24,25)19-17-12-21(3,22(4)20(19)23)26-18-8-6-5-7-16(17)18/h5-11,17,19H,12H2,1-4H3/t17-,19+,21+/m0/s1. The van der Waals surface area contributed by atoms with Gasteiger partial charge in [0, 0.05) is 19.4 Å². The van der Waals surface area contributed by atoms with E-state index in [0.717, 1.165) is 16.7 Å². The van der Waals surface area contributed by atoms with Gasteiger partial charge in [-0.2, -0.15) is 0 Å². The summed E-state index contributed by atoms with van der Waals surface area (Å²) in [6, 6.07) is 12.5. The van der Waals surface area contributed by atoms with E-state index in [2.05, 4.69) is 0 Å². The molecule has 0 N–H and O–H groups in total. The van der Waals surface area contributed by atoms with Gasteiger partial charge in [0.15, 0.2) is 20.8 Å². The molecule has 1 fully saturated rings. The van der Waals surface area contributed by atoms with Gasteiger partial charge in [0.1, 0.15) is 5.75 Å². The number of rotatable bonds is 2. The van der Waals surface area contributed by atoms with Gasteiger partial charge in [-0.3, -0.25) is 4.79 Å². The summed E-state index contributed by atoms with van der Waals surface area (Å²) < 4.78 is 33.1. The average Bonchev–Trinajstić information content (AvgIpc) is 2.62. The zero-order valence-corrected chi connectivity index (χ0v) is 16.7. The normalized spacial score (nSPS) is 27.1. The molecular formula is C21H23NO4S. The summed E-state index contributed by atoms with van der Waals surface area (Å²) >= 11 is 0. The van der Waals surface area contributed by atoms with Crippen LogP contribution in [0.5, 0.6) is 5.75 Å². The van der Waals surface area contributed by atoms with Crippen molar-refractivity contribution in [3.8, 4) is 5.75 Å². The summed E-state index contributed by atoms with van der Waals surface area (Å²) in [4.78, 5) is 14.8. The van der Waals surface area contributed by atoms with Gasteiger partial charge in [-0.05, 0) is 55.7 Å². The molecule has 27 heavy (non-hydrogen) atoms. The maximum Gasteiger partial charge on any atom is 0.244 e. The second kappa shape index (κ2) is 5.83. The van der Waals surface area contributed by atoms with E-state index in [0.29, 0.717) is 12.2 Å². The maximum absolute atomic E-state index is 13.5. The van der Waals surface area contributed by atoms with Crippen molar-refractivity contribution in [1.29, 1.82) is 0 Å². The zero-order valence-electron chi connectivity index (χ0n) is 15.9. The summed E-state index contributed by atoms with van der Waals surface area (Å²) in [6.07, 6.45) is 0.445. The Morgan fingerprint density at radius 3 is 2.52 bits per heavy atom. The van der Waals surface area contributed by atoms with E-state index in [1.54, 1.807) is 25.2 Å². The van der Waals surface area contributed by atoms with Gasteiger partial charge < -0.3 is 9.64 Å². The Morgan fingerprint density at radius 1 is 1.11 bits per heavy atom. The first kappa shape index (κ1) is 18.0. The van der Waals surface area contributed by atoms with Crippen molar-refractivity contribution in [2.24, 2.45) is 0 Å². The minimum atomic E-state index is -3.85. The van der Waals surface area contributed by atoms with Gasteiger partial charge >= 0.3 is 0 Å². The van der Waals surface area contributed by atoms with E-state index < -0.39 is 32.6 Å². The summed E-state index contributed by atoms with van der Waals surface area (Å²) in [5.41, 5.74) is 1.86. The number of para-hydroxylation sites is 1. The third-order valence-corrected chi connectivity index (χ3v) is 8.15. The highest BCUT2D eigenvalue weighted by atomic mass is 32.2. The summed E-state index contributed by atoms with van der Waals surface area (Å²) in [5.74, 6) is -0.201. The molecule has 3 atom stereocenters. The van der Waals surface area contributed by atoms with E-state index in [1.165, 1.54) is 4.90 Å². The van der Waals surface area contributed by atoms with Crippen LogP contribution < -0.4 is 4.74 Å². The monoisotopic (exact) mass is 385 g/mol. The van der Waals surface area contributed by atoms with E-state index in [4.69, 9.17) is 4.74 Å². The molecule has 1 saturated heterocycles. The van der Waals surface area contributed by atoms with Crippen molar-refractivity contribution in [2.75, 3.05) is 7.05 Å². The van der Waals surface area contributed by atoms with E-state index in [1.807, 2.05) is 45.0 Å². The smallest absolute Gasteiger partial charge is 0.244 e. The molecular weight excluding hydrogens is 362 g/mol. The molecule has 2 aliphatic rings. The fourth-order valence-corrected chi connectivity index (χ4v) is 6.13. The Bertz CT molecular complexity index is 1050. The molecule has 4 rings (SSSR count). The molecule has 2 aliphatic heterocycles. The van der Waals surface area contributed by atoms with E-state index in [-0.39, 0.29) is 4.90 Å². The number of hydrogen-bond donors (Lipinski definition) is 0. The Labute approximate surface area is 159 Å². The minimum absolute atomic E-state index is 0.199. The number of sulfone groups is 1. The first-order chi connectivity index (χ1) is 12.6. The zero-order chi connectivity index (χ0) is 19.6. The summed E-state index contributed by atoms with van der Waals surface area (Å²) in [7, 11) is -2.23. The van der Waals surface area contributed by atoms with Crippen molar-refractivity contribution < 1.29 is 17.9 Å². The molecule has 6 heteroatoms. The number of aryl methyl sites for hydroxylation is 2. The molecule has 0 spiro atoms. The lowest BCUT2D eigenvalue weighted by atomic mass is 9.80. The van der Waals surface area contributed by atoms with Crippen LogP contribution in [-0.2, 0) is 14.6 Å². The van der Waals surface area contributed by atoms with Crippen LogP contribution in [0.3, 0.4) is 0 Å². The van der Waals surface area contributed by atoms with Crippen LogP contribution in [0.2, 0.25) is 0 Å². The van der Waals surface area contributed by atoms with Crippen LogP contribution in [0.4, 0.5) is 0 Å². The number of likely N-dealkylation sites (tertiary alicyclic amines) is 1. The molecule has 2 aromatic rings. The number of fused-ring (bicyclic) bond motifs is 4. The Morgan fingerprint density at radius 2 is 1.81 bits per heavy atom. The van der Waals surface area contributed by atoms with Crippen molar-refractivity contribution in [1.82, 2.24) is 4.90 Å². The summed E-state index contributed by atoms with van der Waals surface area (Å²) in [5, 5.41) is -1.15. The molecule has 2 heterocycles. The lowest BCUT2D eigenvalue weighted by Gasteiger charge is -2.51. The molecule has 2 bridgehead atoms. The average molecular weight is 385 g/mol. The first-order valence-electron chi connectivity index (χ1n) is 9.02. The van der Waals surface area contributed by atoms with Gasteiger partial charge in [-0.15, -0.1) is 0 Å². The van der Waals surface area contributed by atoms with Crippen LogP contribution >= 0.6 is 0 Å². The Kier molecular flexibility index (Phi) is 3.89. The van der Waals surface area contributed by atoms with Crippen molar-refractivity contribution in [2.45, 2.75) is 49.0 Å². The number of benzene rings is 2. The molecule has 0 unspecified atom stereocenters. The molecule has 0 aliphatic carbocycles. The number of nitrogens with zero attached hydrogens (tertiary/aromatic N) is 1. The number of ether oxygens (including phenoxy) is 1. The molecule has 0 saturated carbocycles. The van der Waals surface area contributed by atoms with Crippen LogP contribution in [0, 0.1) is 13.8 Å². The van der Waals surface area contributed by atoms with Crippen molar-refractivity contribution >= 4 is 15.7 Å². The van der Waals surface area contributed by atoms with Crippen LogP contribution in [0.25, 0.3) is 0 Å². The lowest BCUT2D eigenvalue weighted by molar-refractivity contribution is -0.159. The van der Waals surface area contributed by atoms with Gasteiger partial charge in [0.05, 0.1) is 4.90 Å². The summed E-state index contributed by atoms with van der Waals surface area (Å²) in [6.45, 7) is 5.65. The highest BCUT2D eigenvalue weighted by Gasteiger charge is 2.56. The predicted octanol–water partition coefficient (Wildman–Crippen LogP) is 3.20. The third kappa shape index (κ3) is 2.57. The number of carbonyl (C=O) groups is 1. The van der Waals surface area contributed by atoms with E-state index in [9.17, 15) is 13.2 Å². The molecule has 0 radical (unpaired) electrons. The largest absolute Gasteiger partial charge is 0.468 e. The van der Waals surface area contributed by atoms with Gasteiger partial charge in [-0.1, -0.05) is 24.3 Å². The molecule has 2 aromatic carbocycles. The van der Waals surface area contributed by atoms with Crippen molar-refractivity contribution in [3.63, 3.8) is 0 Å². The molecule has 142 valence electrons. The predicted molar refractivity (Wildman–Crippen MR) is 102 cm³/mol. The number of carbonyl (C=O) groups excluding carboxylic acids is 1. The van der Waals surface area contributed by atoms with Crippen LogP contribution in [0.1, 0.15) is 36.0 Å². The molecule has 1 amide bonds. The number of hydrogen-bond acceptors (Lipinski definition) is 4. The van der Waals surface area contributed by atoms with Crippen LogP contribution in [-0.4, -0.2) is 37.2 Å². The second-order valence-electron chi connectivity index (χ2n) is 7.73. The fourth-order valence-electron chi connectivity index (χ4n) is 4.13. The number of amides is 1. The first-order valence-corrected chi connectivity index (χ1v) is 10.6. The molecule has 0 aromatic heterocycles. The van der Waals surface area contributed by atoms with Gasteiger partial charge in [0.25, 0.3) is 0 Å². The lowest BCUT2D eigenvalue weighted by Crippen LogP contribution is -2.64. The highest BCUT2D eigenvalue weighted by Crippen LogP contribution is 2.49. The Balaban J connectivity index is 1.89.